The zero-order chi connectivity index (χ0) is 13.2. The number of carbonyl (C=O) groups excluding carboxylic acids is 1. The number of likely N-dealkylation sites (tertiary alicyclic amines) is 1. The monoisotopic (exact) mass is 258 g/mol. The topological polar surface area (TPSA) is 32.3 Å². The highest BCUT2D eigenvalue weighted by Crippen LogP contribution is 2.25. The van der Waals surface area contributed by atoms with Crippen LogP contribution in [0.1, 0.15) is 37.3 Å². The molecule has 1 saturated heterocycles. The lowest BCUT2D eigenvalue weighted by Gasteiger charge is -2.30. The van der Waals surface area contributed by atoms with Gasteiger partial charge in [-0.15, -0.1) is 0 Å². The van der Waals surface area contributed by atoms with Crippen molar-refractivity contribution >= 4 is 11.7 Å². The number of carbonyl (C=O) groups is 1. The molecule has 3 rings (SSSR count). The van der Waals surface area contributed by atoms with E-state index in [0.717, 1.165) is 44.0 Å². The van der Waals surface area contributed by atoms with Gasteiger partial charge >= 0.3 is 6.03 Å². The summed E-state index contributed by atoms with van der Waals surface area (Å²) in [5, 5.41) is 3.04. The summed E-state index contributed by atoms with van der Waals surface area (Å²) in [5.74, 6) is 0.754. The molecule has 0 aromatic heterocycles. The van der Waals surface area contributed by atoms with E-state index in [2.05, 4.69) is 24.4 Å². The second kappa shape index (κ2) is 5.24. The molecule has 2 aliphatic rings. The van der Waals surface area contributed by atoms with Gasteiger partial charge in [-0.25, -0.2) is 4.79 Å². The number of urea groups is 1. The molecule has 0 bridgehead atoms. The molecule has 0 spiro atoms. The number of piperidine rings is 1. The Morgan fingerprint density at radius 2 is 1.95 bits per heavy atom. The van der Waals surface area contributed by atoms with E-state index in [1.165, 1.54) is 24.0 Å². The van der Waals surface area contributed by atoms with Crippen LogP contribution in [0.25, 0.3) is 0 Å². The maximum Gasteiger partial charge on any atom is 0.321 e. The van der Waals surface area contributed by atoms with Gasteiger partial charge in [0.1, 0.15) is 0 Å². The molecule has 1 aliphatic heterocycles. The lowest BCUT2D eigenvalue weighted by atomic mass is 10.00. The third-order valence-corrected chi connectivity index (χ3v) is 4.42. The number of hydrogen-bond acceptors (Lipinski definition) is 1. The number of benzene rings is 1. The average molecular weight is 258 g/mol. The van der Waals surface area contributed by atoms with Crippen LogP contribution in [0.5, 0.6) is 0 Å². The van der Waals surface area contributed by atoms with Crippen molar-refractivity contribution in [3.05, 3.63) is 29.3 Å². The Morgan fingerprint density at radius 3 is 2.74 bits per heavy atom. The molecule has 0 atom stereocenters. The number of aryl methyl sites for hydroxylation is 2. The van der Waals surface area contributed by atoms with Crippen LogP contribution in [0.15, 0.2) is 18.2 Å². The predicted molar refractivity (Wildman–Crippen MR) is 77.5 cm³/mol. The molecule has 0 unspecified atom stereocenters. The Morgan fingerprint density at radius 1 is 1.21 bits per heavy atom. The predicted octanol–water partition coefficient (Wildman–Crippen LogP) is 3.44. The van der Waals surface area contributed by atoms with E-state index < -0.39 is 0 Å². The largest absolute Gasteiger partial charge is 0.325 e. The van der Waals surface area contributed by atoms with Crippen molar-refractivity contribution in [2.75, 3.05) is 18.4 Å². The van der Waals surface area contributed by atoms with Gasteiger partial charge in [-0.1, -0.05) is 13.0 Å². The minimum atomic E-state index is 0.0600. The number of nitrogens with zero attached hydrogens (tertiary/aromatic N) is 1. The van der Waals surface area contributed by atoms with Gasteiger partial charge in [-0.05, 0) is 61.3 Å². The van der Waals surface area contributed by atoms with Crippen molar-refractivity contribution in [3.63, 3.8) is 0 Å². The molecule has 19 heavy (non-hydrogen) atoms. The lowest BCUT2D eigenvalue weighted by molar-refractivity contribution is 0.186. The van der Waals surface area contributed by atoms with Gasteiger partial charge in [0, 0.05) is 18.8 Å². The average Bonchev–Trinajstić information content (AvgIpc) is 2.87. The molecule has 0 radical (unpaired) electrons. The van der Waals surface area contributed by atoms with Crippen molar-refractivity contribution < 1.29 is 4.79 Å². The zero-order valence-corrected chi connectivity index (χ0v) is 11.6. The number of amides is 2. The Balaban J connectivity index is 1.63. The molecular formula is C16H22N2O. The van der Waals surface area contributed by atoms with Gasteiger partial charge in [0.05, 0.1) is 0 Å². The maximum atomic E-state index is 12.2. The summed E-state index contributed by atoms with van der Waals surface area (Å²) >= 11 is 0. The summed E-state index contributed by atoms with van der Waals surface area (Å²) in [6.45, 7) is 4.03. The molecule has 1 aliphatic carbocycles. The fraction of sp³-hybridized carbons (Fsp3) is 0.562. The molecular weight excluding hydrogens is 236 g/mol. The van der Waals surface area contributed by atoms with E-state index in [-0.39, 0.29) is 6.03 Å². The summed E-state index contributed by atoms with van der Waals surface area (Å²) in [4.78, 5) is 14.1. The standard InChI is InChI=1S/C16H22N2O/c1-12-7-9-18(10-8-12)16(19)17-15-6-5-13-3-2-4-14(13)11-15/h5-6,11-12H,2-4,7-10H2,1H3,(H,17,19). The van der Waals surface area contributed by atoms with E-state index in [4.69, 9.17) is 0 Å². The van der Waals surface area contributed by atoms with Gasteiger partial charge < -0.3 is 10.2 Å². The second-order valence-corrected chi connectivity index (χ2v) is 5.94. The smallest absolute Gasteiger partial charge is 0.321 e. The summed E-state index contributed by atoms with van der Waals surface area (Å²) < 4.78 is 0. The van der Waals surface area contributed by atoms with Crippen LogP contribution < -0.4 is 5.32 Å². The molecule has 1 N–H and O–H groups in total. The van der Waals surface area contributed by atoms with E-state index >= 15 is 0 Å². The third-order valence-electron chi connectivity index (χ3n) is 4.42. The highest BCUT2D eigenvalue weighted by atomic mass is 16.2. The molecule has 1 heterocycles. The summed E-state index contributed by atoms with van der Waals surface area (Å²) in [6, 6.07) is 6.40. The van der Waals surface area contributed by atoms with Crippen LogP contribution in [0.4, 0.5) is 10.5 Å². The molecule has 1 aromatic carbocycles. The minimum absolute atomic E-state index is 0.0600. The summed E-state index contributed by atoms with van der Waals surface area (Å²) in [6.07, 6.45) is 5.83. The number of fused-ring (bicyclic) bond motifs is 1. The molecule has 1 aromatic rings. The molecule has 0 saturated carbocycles. The van der Waals surface area contributed by atoms with Crippen LogP contribution in [-0.4, -0.2) is 24.0 Å². The first-order valence-electron chi connectivity index (χ1n) is 7.40. The second-order valence-electron chi connectivity index (χ2n) is 5.94. The lowest BCUT2D eigenvalue weighted by Crippen LogP contribution is -2.40. The van der Waals surface area contributed by atoms with Crippen LogP contribution in [0, 0.1) is 5.92 Å². The Bertz CT molecular complexity index is 476. The third kappa shape index (κ3) is 2.75. The van der Waals surface area contributed by atoms with Gasteiger partial charge in [0.2, 0.25) is 0 Å². The molecule has 1 fully saturated rings. The van der Waals surface area contributed by atoms with Crippen molar-refractivity contribution in [3.8, 4) is 0 Å². The van der Waals surface area contributed by atoms with Crippen LogP contribution in [0.3, 0.4) is 0 Å². The van der Waals surface area contributed by atoms with Gasteiger partial charge in [-0.2, -0.15) is 0 Å². The maximum absolute atomic E-state index is 12.2. The number of hydrogen-bond donors (Lipinski definition) is 1. The highest BCUT2D eigenvalue weighted by molar-refractivity contribution is 5.89. The van der Waals surface area contributed by atoms with E-state index in [1.807, 2.05) is 11.0 Å². The first-order valence-corrected chi connectivity index (χ1v) is 7.40. The summed E-state index contributed by atoms with van der Waals surface area (Å²) in [5.41, 5.74) is 3.80. The van der Waals surface area contributed by atoms with Gasteiger partial charge in [-0.3, -0.25) is 0 Å². The minimum Gasteiger partial charge on any atom is -0.325 e. The number of anilines is 1. The van der Waals surface area contributed by atoms with Crippen molar-refractivity contribution in [2.24, 2.45) is 5.92 Å². The Kier molecular flexibility index (Phi) is 3.45. The fourth-order valence-electron chi connectivity index (χ4n) is 3.06. The van der Waals surface area contributed by atoms with Gasteiger partial charge in [0.15, 0.2) is 0 Å². The van der Waals surface area contributed by atoms with Crippen LogP contribution in [-0.2, 0) is 12.8 Å². The van der Waals surface area contributed by atoms with Crippen molar-refractivity contribution in [2.45, 2.75) is 39.0 Å². The SMILES string of the molecule is CC1CCN(C(=O)Nc2ccc3c(c2)CCC3)CC1. The normalized spacial score (nSPS) is 19.3. The van der Waals surface area contributed by atoms with E-state index in [1.54, 1.807) is 0 Å². The van der Waals surface area contributed by atoms with Crippen LogP contribution >= 0.6 is 0 Å². The van der Waals surface area contributed by atoms with Gasteiger partial charge in [0.25, 0.3) is 0 Å². The van der Waals surface area contributed by atoms with Crippen molar-refractivity contribution in [1.82, 2.24) is 4.90 Å². The number of nitrogens with one attached hydrogen (secondary N) is 1. The first-order chi connectivity index (χ1) is 9.22. The highest BCUT2D eigenvalue weighted by Gasteiger charge is 2.20. The molecule has 102 valence electrons. The summed E-state index contributed by atoms with van der Waals surface area (Å²) in [7, 11) is 0. The molecule has 3 nitrogen and oxygen atoms in total. The Hall–Kier alpha value is -1.51. The quantitative estimate of drug-likeness (QED) is 0.822. The fourth-order valence-corrected chi connectivity index (χ4v) is 3.06. The van der Waals surface area contributed by atoms with Crippen molar-refractivity contribution in [1.29, 1.82) is 0 Å². The molecule has 3 heteroatoms. The molecule has 2 amide bonds. The van der Waals surface area contributed by atoms with E-state index in [9.17, 15) is 4.79 Å². The number of rotatable bonds is 1. The van der Waals surface area contributed by atoms with Crippen LogP contribution in [0.2, 0.25) is 0 Å². The zero-order valence-electron chi connectivity index (χ0n) is 11.6. The van der Waals surface area contributed by atoms with E-state index in [0.29, 0.717) is 0 Å². The Labute approximate surface area is 115 Å². The first kappa shape index (κ1) is 12.5.